The molecule has 0 unspecified atom stereocenters. The molecule has 162 valence electrons. The van der Waals surface area contributed by atoms with E-state index in [9.17, 15) is 18.8 Å². The molecule has 3 nitrogen and oxygen atoms in total. The Balaban J connectivity index is 1.47. The first-order chi connectivity index (χ1) is 13.9. The fraction of sp³-hybridized carbons (Fsp3) is 0.739. The summed E-state index contributed by atoms with van der Waals surface area (Å²) in [6, 6.07) is 1.35. The number of hydrogen-bond acceptors (Lipinski definition) is 3. The van der Waals surface area contributed by atoms with Crippen molar-refractivity contribution in [2.75, 3.05) is 6.61 Å². The van der Waals surface area contributed by atoms with Gasteiger partial charge in [0.25, 0.3) is 0 Å². The van der Waals surface area contributed by atoms with Crippen LogP contribution in [0.4, 0.5) is 8.78 Å². The van der Waals surface area contributed by atoms with Crippen molar-refractivity contribution < 1.29 is 23.6 Å². The van der Waals surface area contributed by atoms with E-state index < -0.39 is 24.2 Å². The van der Waals surface area contributed by atoms with Crippen LogP contribution in [0.25, 0.3) is 0 Å². The third-order valence-electron chi connectivity index (χ3n) is 7.30. The molecule has 6 heteroatoms. The lowest BCUT2D eigenvalue weighted by Crippen LogP contribution is -2.36. The van der Waals surface area contributed by atoms with Crippen LogP contribution in [0, 0.1) is 42.2 Å². The van der Waals surface area contributed by atoms with Crippen LogP contribution < -0.4 is 10.2 Å². The Hall–Kier alpha value is -1.14. The predicted molar refractivity (Wildman–Crippen MR) is 112 cm³/mol. The molecular formula is C23H35BF2O3. The standard InChI is InChI=1S/C23H35BF2O3/c1-3-4-16-5-9-18(10-6-16)19-11-7-17(8-12-19)14-29-20-13-15(2)21(24(27)28)23(26)22(20)25/h13,16-19,27-28H,3-12,14H2,1-2H3. The Kier molecular flexibility index (Phi) is 7.97. The Morgan fingerprint density at radius 2 is 1.48 bits per heavy atom. The van der Waals surface area contributed by atoms with Crippen LogP contribution in [-0.2, 0) is 0 Å². The van der Waals surface area contributed by atoms with Gasteiger partial charge in [-0.1, -0.05) is 32.6 Å². The predicted octanol–water partition coefficient (Wildman–Crippen LogP) is 4.74. The van der Waals surface area contributed by atoms with E-state index in [-0.39, 0.29) is 11.3 Å². The Bertz CT molecular complexity index is 667. The summed E-state index contributed by atoms with van der Waals surface area (Å²) < 4.78 is 33.9. The van der Waals surface area contributed by atoms with Crippen molar-refractivity contribution in [3.63, 3.8) is 0 Å². The molecule has 29 heavy (non-hydrogen) atoms. The van der Waals surface area contributed by atoms with Crippen molar-refractivity contribution in [3.05, 3.63) is 23.3 Å². The highest BCUT2D eigenvalue weighted by molar-refractivity contribution is 6.59. The molecule has 0 amide bonds. The van der Waals surface area contributed by atoms with Gasteiger partial charge >= 0.3 is 7.12 Å². The zero-order chi connectivity index (χ0) is 21.0. The van der Waals surface area contributed by atoms with E-state index in [1.807, 2.05) is 0 Å². The number of hydrogen-bond donors (Lipinski definition) is 2. The highest BCUT2D eigenvalue weighted by Crippen LogP contribution is 2.42. The topological polar surface area (TPSA) is 49.7 Å². The average Bonchev–Trinajstić information content (AvgIpc) is 2.71. The maximum Gasteiger partial charge on any atom is 0.491 e. The van der Waals surface area contributed by atoms with Gasteiger partial charge in [-0.2, -0.15) is 4.39 Å². The van der Waals surface area contributed by atoms with E-state index in [1.54, 1.807) is 0 Å². The van der Waals surface area contributed by atoms with Crippen molar-refractivity contribution in [1.82, 2.24) is 0 Å². The molecule has 0 saturated heterocycles. The van der Waals surface area contributed by atoms with E-state index in [4.69, 9.17) is 4.74 Å². The second-order valence-electron chi connectivity index (χ2n) is 9.27. The molecule has 2 N–H and O–H groups in total. The molecule has 1 aromatic carbocycles. The van der Waals surface area contributed by atoms with Gasteiger partial charge in [-0.15, -0.1) is 0 Å². The van der Waals surface area contributed by atoms with E-state index in [0.717, 1.165) is 30.6 Å². The Labute approximate surface area is 174 Å². The lowest BCUT2D eigenvalue weighted by atomic mass is 9.69. The second kappa shape index (κ2) is 10.3. The minimum Gasteiger partial charge on any atom is -0.490 e. The Morgan fingerprint density at radius 3 is 2.00 bits per heavy atom. The fourth-order valence-electron chi connectivity index (χ4n) is 5.55. The number of rotatable bonds is 7. The molecule has 2 aliphatic carbocycles. The molecule has 2 fully saturated rings. The van der Waals surface area contributed by atoms with Gasteiger partial charge in [-0.05, 0) is 80.8 Å². The van der Waals surface area contributed by atoms with Crippen molar-refractivity contribution in [2.45, 2.75) is 78.1 Å². The van der Waals surface area contributed by atoms with Crippen LogP contribution in [0.5, 0.6) is 5.75 Å². The van der Waals surface area contributed by atoms with E-state index >= 15 is 0 Å². The minimum absolute atomic E-state index is 0.138. The molecule has 2 saturated carbocycles. The largest absolute Gasteiger partial charge is 0.491 e. The summed E-state index contributed by atoms with van der Waals surface area (Å²) in [7, 11) is -2.04. The quantitative estimate of drug-likeness (QED) is 0.641. The smallest absolute Gasteiger partial charge is 0.490 e. The van der Waals surface area contributed by atoms with Crippen LogP contribution in [-0.4, -0.2) is 23.8 Å². The monoisotopic (exact) mass is 408 g/mol. The molecule has 3 rings (SSSR count). The van der Waals surface area contributed by atoms with Crippen molar-refractivity contribution in [1.29, 1.82) is 0 Å². The number of aryl methyl sites for hydroxylation is 1. The van der Waals surface area contributed by atoms with Crippen LogP contribution in [0.2, 0.25) is 0 Å². The van der Waals surface area contributed by atoms with Crippen LogP contribution in [0.3, 0.4) is 0 Å². The van der Waals surface area contributed by atoms with Crippen LogP contribution in [0.15, 0.2) is 6.07 Å². The molecule has 2 aliphatic rings. The first kappa shape index (κ1) is 22.5. The summed E-state index contributed by atoms with van der Waals surface area (Å²) in [6.45, 7) is 4.18. The molecule has 0 aliphatic heterocycles. The van der Waals surface area contributed by atoms with Gasteiger partial charge in [0.1, 0.15) is 0 Å². The molecule has 0 aromatic heterocycles. The zero-order valence-electron chi connectivity index (χ0n) is 17.8. The van der Waals surface area contributed by atoms with Crippen molar-refractivity contribution in [2.24, 2.45) is 23.7 Å². The normalized spacial score (nSPS) is 27.7. The molecular weight excluding hydrogens is 373 g/mol. The van der Waals surface area contributed by atoms with E-state index in [0.29, 0.717) is 12.5 Å². The first-order valence-corrected chi connectivity index (χ1v) is 11.4. The summed E-state index contributed by atoms with van der Waals surface area (Å²) in [5.41, 5.74) is -0.153. The van der Waals surface area contributed by atoms with Gasteiger partial charge < -0.3 is 14.8 Å². The highest BCUT2D eigenvalue weighted by Gasteiger charge is 2.31. The van der Waals surface area contributed by atoms with Crippen LogP contribution >= 0.6 is 0 Å². The Morgan fingerprint density at radius 1 is 0.931 bits per heavy atom. The number of halogens is 2. The van der Waals surface area contributed by atoms with Gasteiger partial charge in [-0.25, -0.2) is 4.39 Å². The van der Waals surface area contributed by atoms with E-state index in [1.165, 1.54) is 64.4 Å². The summed E-state index contributed by atoms with van der Waals surface area (Å²) in [4.78, 5) is 0. The number of benzene rings is 1. The van der Waals surface area contributed by atoms with Gasteiger partial charge in [-0.3, -0.25) is 0 Å². The first-order valence-electron chi connectivity index (χ1n) is 11.4. The zero-order valence-corrected chi connectivity index (χ0v) is 17.8. The molecule has 0 spiro atoms. The maximum absolute atomic E-state index is 14.2. The summed E-state index contributed by atoms with van der Waals surface area (Å²) >= 11 is 0. The molecule has 0 radical (unpaired) electrons. The molecule has 0 atom stereocenters. The molecule has 1 aromatic rings. The second-order valence-corrected chi connectivity index (χ2v) is 9.27. The summed E-state index contributed by atoms with van der Waals surface area (Å²) in [5.74, 6) is 0.480. The summed E-state index contributed by atoms with van der Waals surface area (Å²) in [5, 5.41) is 18.4. The highest BCUT2D eigenvalue weighted by atomic mass is 19.2. The fourth-order valence-corrected chi connectivity index (χ4v) is 5.55. The lowest BCUT2D eigenvalue weighted by Gasteiger charge is -2.37. The van der Waals surface area contributed by atoms with Gasteiger partial charge in [0.15, 0.2) is 17.4 Å². The maximum atomic E-state index is 14.2. The summed E-state index contributed by atoms with van der Waals surface area (Å²) in [6.07, 6.45) is 12.8. The van der Waals surface area contributed by atoms with E-state index in [2.05, 4.69) is 6.92 Å². The average molecular weight is 408 g/mol. The lowest BCUT2D eigenvalue weighted by molar-refractivity contribution is 0.120. The van der Waals surface area contributed by atoms with Gasteiger partial charge in [0.2, 0.25) is 0 Å². The SMILES string of the molecule is CCCC1CCC(C2CCC(COc3cc(C)c(B(O)O)c(F)c3F)CC2)CC1. The van der Waals surface area contributed by atoms with Crippen molar-refractivity contribution >= 4 is 12.6 Å². The molecule has 0 bridgehead atoms. The van der Waals surface area contributed by atoms with Gasteiger partial charge in [0, 0.05) is 5.46 Å². The number of ether oxygens (including phenoxy) is 1. The molecule has 0 heterocycles. The minimum atomic E-state index is -2.04. The van der Waals surface area contributed by atoms with Crippen LogP contribution in [0.1, 0.15) is 76.7 Å². The third-order valence-corrected chi connectivity index (χ3v) is 7.30. The van der Waals surface area contributed by atoms with Gasteiger partial charge in [0.05, 0.1) is 6.61 Å². The third kappa shape index (κ3) is 5.52. The van der Waals surface area contributed by atoms with Crippen molar-refractivity contribution in [3.8, 4) is 5.75 Å².